The van der Waals surface area contributed by atoms with E-state index in [1.54, 1.807) is 17.9 Å². The summed E-state index contributed by atoms with van der Waals surface area (Å²) in [5, 5.41) is 33.7. The van der Waals surface area contributed by atoms with Crippen LogP contribution in [-0.4, -0.2) is 86.1 Å². The summed E-state index contributed by atoms with van der Waals surface area (Å²) in [5.41, 5.74) is 9.74. The zero-order valence-corrected chi connectivity index (χ0v) is 29.6. The molecule has 0 amide bonds. The molecule has 1 spiro atoms. The summed E-state index contributed by atoms with van der Waals surface area (Å²) < 4.78 is 20.3. The number of ether oxygens (including phenoxy) is 2. The number of aryl methyl sites for hydroxylation is 1. The van der Waals surface area contributed by atoms with E-state index in [0.717, 1.165) is 68.4 Å². The third kappa shape index (κ3) is 6.12. The first kappa shape index (κ1) is 33.6. The third-order valence-electron chi connectivity index (χ3n) is 10.3. The van der Waals surface area contributed by atoms with Crippen LogP contribution in [0.2, 0.25) is 0 Å². The minimum atomic E-state index is -0.726. The number of aromatic nitrogens is 5. The minimum absolute atomic E-state index is 0.0453. The van der Waals surface area contributed by atoms with Gasteiger partial charge in [-0.05, 0) is 84.4 Å². The van der Waals surface area contributed by atoms with Gasteiger partial charge in [-0.25, -0.2) is 9.67 Å². The number of aliphatic hydroxyl groups excluding tert-OH is 1. The molecule has 49 heavy (non-hydrogen) atoms. The topological polar surface area (TPSA) is 173 Å². The average Bonchev–Trinajstić information content (AvgIpc) is 3.86. The quantitative estimate of drug-likeness (QED) is 0.204. The van der Waals surface area contributed by atoms with E-state index < -0.39 is 11.6 Å². The number of likely N-dealkylation sites (tertiary alicyclic amines) is 1. The van der Waals surface area contributed by atoms with Crippen molar-refractivity contribution < 1.29 is 19.1 Å². The van der Waals surface area contributed by atoms with Crippen LogP contribution in [0.5, 0.6) is 5.88 Å². The summed E-state index contributed by atoms with van der Waals surface area (Å²) in [6, 6.07) is 6.23. The fourth-order valence-electron chi connectivity index (χ4n) is 8.27. The molecule has 4 aromatic rings. The van der Waals surface area contributed by atoms with E-state index in [-0.39, 0.29) is 24.3 Å². The molecular formula is C35H45N9O4S. The zero-order valence-electron chi connectivity index (χ0n) is 28.8. The van der Waals surface area contributed by atoms with Crippen molar-refractivity contribution in [2.24, 2.45) is 0 Å². The van der Waals surface area contributed by atoms with Gasteiger partial charge < -0.3 is 24.8 Å². The number of nitrogen functional groups attached to an aromatic ring is 1. The van der Waals surface area contributed by atoms with Crippen LogP contribution in [0, 0.1) is 11.3 Å². The molecule has 1 aliphatic heterocycles. The molecule has 260 valence electrons. The maximum absolute atomic E-state index is 10.5. The third-order valence-corrected chi connectivity index (χ3v) is 11.4. The fourth-order valence-corrected chi connectivity index (χ4v) is 9.43. The predicted molar refractivity (Wildman–Crippen MR) is 185 cm³/mol. The monoisotopic (exact) mass is 687 g/mol. The number of thiophene rings is 1. The normalized spacial score (nSPS) is 23.4. The summed E-state index contributed by atoms with van der Waals surface area (Å²) in [6.45, 7) is 6.93. The molecule has 14 heteroatoms. The summed E-state index contributed by atoms with van der Waals surface area (Å²) in [4.78, 5) is 13.3. The summed E-state index contributed by atoms with van der Waals surface area (Å²) >= 11 is 1.52. The highest BCUT2D eigenvalue weighted by Crippen LogP contribution is 2.55. The largest absolute Gasteiger partial charge is 0.473 e. The van der Waals surface area contributed by atoms with Crippen molar-refractivity contribution in [1.82, 2.24) is 35.1 Å². The molecule has 2 aliphatic carbocycles. The van der Waals surface area contributed by atoms with E-state index >= 15 is 0 Å². The number of nitrogens with zero attached hydrogens (tertiary/aromatic N) is 7. The van der Waals surface area contributed by atoms with Crippen molar-refractivity contribution in [2.75, 3.05) is 26.4 Å². The Kier molecular flexibility index (Phi) is 9.23. The van der Waals surface area contributed by atoms with Gasteiger partial charge in [0.15, 0.2) is 23.1 Å². The molecule has 0 bridgehead atoms. The smallest absolute Gasteiger partial charge is 0.219 e. The number of nitrogens with one attached hydrogen (secondary N) is 1. The van der Waals surface area contributed by atoms with Gasteiger partial charge in [0, 0.05) is 48.8 Å². The number of likely N-dealkylation sites (N-methyl/N-ethyl adjacent to an activating group) is 1. The lowest BCUT2D eigenvalue weighted by Crippen LogP contribution is -2.44. The fraction of sp³-hybridized carbons (Fsp3) is 0.571. The molecule has 0 saturated carbocycles. The Morgan fingerprint density at radius 3 is 2.80 bits per heavy atom. The van der Waals surface area contributed by atoms with Crippen LogP contribution in [0.4, 0.5) is 5.00 Å². The number of nitrogens with two attached hydrogens (primary N) is 1. The molecule has 1 unspecified atom stereocenters. The van der Waals surface area contributed by atoms with Crippen molar-refractivity contribution in [3.8, 4) is 29.3 Å². The molecule has 3 aliphatic rings. The van der Waals surface area contributed by atoms with Crippen LogP contribution < -0.4 is 15.8 Å². The van der Waals surface area contributed by atoms with Gasteiger partial charge in [-0.3, -0.25) is 10.2 Å². The van der Waals surface area contributed by atoms with Crippen LogP contribution in [-0.2, 0) is 29.4 Å². The Labute approximate surface area is 290 Å². The van der Waals surface area contributed by atoms with Crippen LogP contribution >= 0.6 is 11.3 Å². The second-order valence-corrected chi connectivity index (χ2v) is 15.1. The van der Waals surface area contributed by atoms with E-state index in [1.807, 2.05) is 33.0 Å². The van der Waals surface area contributed by atoms with Crippen LogP contribution in [0.3, 0.4) is 0 Å². The standard InChI is InChI=1S/C35H45N9O4S/c1-19(2)38-27(45)16-21-10-15-44(41-21)26-17-28(47-20(3)31-24(46-5)11-14-43(31)4)40-34(39-26)30-22-8-6-12-35(32(22)48-42-30)13-7-9-25-29(35)23(18-36)33(37)49-25/h10,15,17,19-20,24,27,31,38,45H,6-9,11-14,16,37H2,1-5H3/t20-,24-,27?,31+,35-/m0/s1. The highest BCUT2D eigenvalue weighted by molar-refractivity contribution is 7.16. The van der Waals surface area contributed by atoms with Crippen molar-refractivity contribution in [3.05, 3.63) is 51.4 Å². The van der Waals surface area contributed by atoms with Gasteiger partial charge in [0.2, 0.25) is 5.88 Å². The molecule has 7 rings (SSSR count). The average molecular weight is 688 g/mol. The summed E-state index contributed by atoms with van der Waals surface area (Å²) in [7, 11) is 3.83. The predicted octanol–water partition coefficient (Wildman–Crippen LogP) is 4.14. The number of hydrogen-bond donors (Lipinski definition) is 3. The van der Waals surface area contributed by atoms with Crippen LogP contribution in [0.15, 0.2) is 22.9 Å². The molecule has 5 atom stereocenters. The Morgan fingerprint density at radius 1 is 1.24 bits per heavy atom. The van der Waals surface area contributed by atoms with Crippen molar-refractivity contribution in [1.29, 1.82) is 5.26 Å². The maximum Gasteiger partial charge on any atom is 0.219 e. The minimum Gasteiger partial charge on any atom is -0.473 e. The molecule has 5 heterocycles. The number of anilines is 1. The SMILES string of the molecule is CO[C@H]1CCN(C)[C@@H]1[C@H](C)Oc1cc(-n2ccc(CC(O)NC(C)C)n2)nc(-c2noc3c2CCC[C@@]32CCCc3sc(N)c(C#N)c32)n1. The Bertz CT molecular complexity index is 1860. The van der Waals surface area contributed by atoms with Gasteiger partial charge >= 0.3 is 0 Å². The van der Waals surface area contributed by atoms with Crippen molar-refractivity contribution >= 4 is 16.3 Å². The number of hydrogen-bond acceptors (Lipinski definition) is 13. The van der Waals surface area contributed by atoms with Gasteiger partial charge in [-0.1, -0.05) is 5.16 Å². The molecular weight excluding hydrogens is 643 g/mol. The first-order chi connectivity index (χ1) is 23.6. The molecule has 0 aromatic carbocycles. The van der Waals surface area contributed by atoms with Gasteiger partial charge in [0.1, 0.15) is 23.4 Å². The number of rotatable bonds is 10. The highest BCUT2D eigenvalue weighted by atomic mass is 32.1. The van der Waals surface area contributed by atoms with Crippen molar-refractivity contribution in [3.63, 3.8) is 0 Å². The molecule has 1 saturated heterocycles. The Balaban J connectivity index is 1.29. The summed E-state index contributed by atoms with van der Waals surface area (Å²) in [5.74, 6) is 2.07. The van der Waals surface area contributed by atoms with Crippen LogP contribution in [0.25, 0.3) is 17.3 Å². The second-order valence-electron chi connectivity index (χ2n) is 13.9. The maximum atomic E-state index is 10.5. The number of methoxy groups -OCH3 is 1. The summed E-state index contributed by atoms with van der Waals surface area (Å²) in [6.07, 6.45) is 7.45. The molecule has 13 nitrogen and oxygen atoms in total. The van der Waals surface area contributed by atoms with E-state index in [4.69, 9.17) is 34.8 Å². The van der Waals surface area contributed by atoms with Gasteiger partial charge in [-0.2, -0.15) is 15.3 Å². The second kappa shape index (κ2) is 13.4. The number of nitriles is 1. The Hall–Kier alpha value is -3.87. The van der Waals surface area contributed by atoms with E-state index in [9.17, 15) is 10.4 Å². The first-order valence-electron chi connectivity index (χ1n) is 17.2. The zero-order chi connectivity index (χ0) is 34.4. The van der Waals surface area contributed by atoms with Crippen LogP contribution in [0.1, 0.15) is 85.9 Å². The van der Waals surface area contributed by atoms with Gasteiger partial charge in [0.25, 0.3) is 0 Å². The van der Waals surface area contributed by atoms with E-state index in [0.29, 0.717) is 45.9 Å². The lowest BCUT2D eigenvalue weighted by molar-refractivity contribution is 0.0174. The lowest BCUT2D eigenvalue weighted by atomic mass is 9.63. The molecule has 4 aromatic heterocycles. The van der Waals surface area contributed by atoms with Gasteiger partial charge in [-0.15, -0.1) is 11.3 Å². The van der Waals surface area contributed by atoms with E-state index in [1.165, 1.54) is 16.2 Å². The van der Waals surface area contributed by atoms with Crippen molar-refractivity contribution in [2.45, 2.75) is 108 Å². The number of aliphatic hydroxyl groups is 1. The first-order valence-corrected chi connectivity index (χ1v) is 18.0. The molecule has 0 radical (unpaired) electrons. The van der Waals surface area contributed by atoms with E-state index in [2.05, 4.69) is 28.5 Å². The Morgan fingerprint density at radius 2 is 2.04 bits per heavy atom. The molecule has 4 N–H and O–H groups in total. The van der Waals surface area contributed by atoms with Gasteiger partial charge in [0.05, 0.1) is 28.8 Å². The lowest BCUT2D eigenvalue weighted by Gasteiger charge is -2.39. The number of fused-ring (bicyclic) bond motifs is 4. The highest BCUT2D eigenvalue weighted by Gasteiger charge is 2.49. The molecule has 1 fully saturated rings.